The molecule has 0 saturated carbocycles. The van der Waals surface area contributed by atoms with Gasteiger partial charge in [0.2, 0.25) is 0 Å². The molecule has 0 unspecified atom stereocenters. The van der Waals surface area contributed by atoms with Gasteiger partial charge in [-0.15, -0.1) is 0 Å². The molecule has 2 rings (SSSR count). The Hall–Kier alpha value is -2.83. The molecular formula is C14H17N5O2. The van der Waals surface area contributed by atoms with Crippen LogP contribution in [0.1, 0.15) is 0 Å². The van der Waals surface area contributed by atoms with Crippen molar-refractivity contribution in [2.45, 2.75) is 0 Å². The SMILES string of the molecule is COc1ccccc1NC(=O)NCCNc1cnccn1. The van der Waals surface area contributed by atoms with Crippen LogP contribution in [0.3, 0.4) is 0 Å². The molecule has 0 saturated heterocycles. The van der Waals surface area contributed by atoms with Gasteiger partial charge in [-0.25, -0.2) is 9.78 Å². The predicted octanol–water partition coefficient (Wildman–Crippen LogP) is 1.72. The minimum atomic E-state index is -0.291. The Morgan fingerprint density at radius 1 is 1.24 bits per heavy atom. The van der Waals surface area contributed by atoms with Crippen molar-refractivity contribution in [3.8, 4) is 5.75 Å². The van der Waals surface area contributed by atoms with Crippen LogP contribution in [0.15, 0.2) is 42.9 Å². The van der Waals surface area contributed by atoms with E-state index in [1.807, 2.05) is 12.1 Å². The Balaban J connectivity index is 1.72. The molecule has 0 bridgehead atoms. The van der Waals surface area contributed by atoms with Gasteiger partial charge >= 0.3 is 6.03 Å². The Morgan fingerprint density at radius 2 is 2.10 bits per heavy atom. The number of hydrogen-bond acceptors (Lipinski definition) is 5. The number of nitrogens with zero attached hydrogens (tertiary/aromatic N) is 2. The van der Waals surface area contributed by atoms with Crippen molar-refractivity contribution in [3.05, 3.63) is 42.9 Å². The lowest BCUT2D eigenvalue weighted by Crippen LogP contribution is -2.32. The minimum absolute atomic E-state index is 0.291. The molecule has 2 amide bonds. The molecule has 0 atom stereocenters. The summed E-state index contributed by atoms with van der Waals surface area (Å²) in [5, 5.41) is 8.51. The van der Waals surface area contributed by atoms with Gasteiger partial charge in [-0.1, -0.05) is 12.1 Å². The second-order valence-electron chi connectivity index (χ2n) is 4.10. The molecule has 7 heteroatoms. The zero-order valence-corrected chi connectivity index (χ0v) is 11.7. The van der Waals surface area contributed by atoms with Gasteiger partial charge < -0.3 is 20.7 Å². The first-order chi connectivity index (χ1) is 10.3. The van der Waals surface area contributed by atoms with E-state index in [1.165, 1.54) is 0 Å². The van der Waals surface area contributed by atoms with Gasteiger partial charge in [-0.2, -0.15) is 0 Å². The van der Waals surface area contributed by atoms with Crippen LogP contribution < -0.4 is 20.7 Å². The van der Waals surface area contributed by atoms with Gasteiger partial charge in [0.15, 0.2) is 0 Å². The third-order valence-electron chi connectivity index (χ3n) is 2.64. The third kappa shape index (κ3) is 4.64. The van der Waals surface area contributed by atoms with Gasteiger partial charge in [-0.3, -0.25) is 4.98 Å². The highest BCUT2D eigenvalue weighted by molar-refractivity contribution is 5.90. The number of anilines is 2. The van der Waals surface area contributed by atoms with Gasteiger partial charge in [0, 0.05) is 25.5 Å². The topological polar surface area (TPSA) is 88.2 Å². The molecule has 1 aromatic carbocycles. The van der Waals surface area contributed by atoms with Crippen molar-refractivity contribution < 1.29 is 9.53 Å². The first kappa shape index (κ1) is 14.6. The fourth-order valence-corrected chi connectivity index (χ4v) is 1.67. The molecule has 0 aliphatic rings. The van der Waals surface area contributed by atoms with Crippen LogP contribution in [0.4, 0.5) is 16.3 Å². The number of methoxy groups -OCH3 is 1. The molecule has 0 radical (unpaired) electrons. The average molecular weight is 287 g/mol. The largest absolute Gasteiger partial charge is 0.495 e. The fraction of sp³-hybridized carbons (Fsp3) is 0.214. The smallest absolute Gasteiger partial charge is 0.319 e. The van der Waals surface area contributed by atoms with E-state index in [2.05, 4.69) is 25.9 Å². The maximum atomic E-state index is 11.8. The van der Waals surface area contributed by atoms with Crippen molar-refractivity contribution in [2.24, 2.45) is 0 Å². The quantitative estimate of drug-likeness (QED) is 0.704. The normalized spacial score (nSPS) is 9.76. The molecule has 0 spiro atoms. The van der Waals surface area contributed by atoms with E-state index in [1.54, 1.807) is 37.8 Å². The van der Waals surface area contributed by atoms with E-state index in [4.69, 9.17) is 4.74 Å². The summed E-state index contributed by atoms with van der Waals surface area (Å²) in [6.07, 6.45) is 4.82. The van der Waals surface area contributed by atoms with Crippen LogP contribution in [-0.4, -0.2) is 36.2 Å². The number of amides is 2. The molecular weight excluding hydrogens is 270 g/mol. The lowest BCUT2D eigenvalue weighted by Gasteiger charge is -2.11. The van der Waals surface area contributed by atoms with Crippen LogP contribution in [0.5, 0.6) is 5.75 Å². The summed E-state index contributed by atoms with van der Waals surface area (Å²) < 4.78 is 5.16. The molecule has 110 valence electrons. The van der Waals surface area contributed by atoms with Gasteiger partial charge in [-0.05, 0) is 12.1 Å². The van der Waals surface area contributed by atoms with E-state index in [-0.39, 0.29) is 6.03 Å². The Morgan fingerprint density at radius 3 is 2.86 bits per heavy atom. The number of ether oxygens (including phenoxy) is 1. The molecule has 2 aromatic rings. The average Bonchev–Trinajstić information content (AvgIpc) is 2.53. The summed E-state index contributed by atoms with van der Waals surface area (Å²) in [7, 11) is 1.56. The Kier molecular flexibility index (Phi) is 5.33. The number of rotatable bonds is 6. The second kappa shape index (κ2) is 7.68. The Bertz CT molecular complexity index is 577. The number of nitrogens with one attached hydrogen (secondary N) is 3. The molecule has 0 aliphatic heterocycles. The first-order valence-corrected chi connectivity index (χ1v) is 6.47. The minimum Gasteiger partial charge on any atom is -0.495 e. The van der Waals surface area contributed by atoms with Crippen LogP contribution in [0.25, 0.3) is 0 Å². The van der Waals surface area contributed by atoms with Crippen molar-refractivity contribution in [1.29, 1.82) is 0 Å². The van der Waals surface area contributed by atoms with E-state index in [0.29, 0.717) is 30.3 Å². The fourth-order valence-electron chi connectivity index (χ4n) is 1.67. The molecule has 3 N–H and O–H groups in total. The lowest BCUT2D eigenvalue weighted by atomic mass is 10.3. The molecule has 7 nitrogen and oxygen atoms in total. The number of carbonyl (C=O) groups excluding carboxylic acids is 1. The van der Waals surface area contributed by atoms with Gasteiger partial charge in [0.25, 0.3) is 0 Å². The van der Waals surface area contributed by atoms with E-state index in [9.17, 15) is 4.79 Å². The van der Waals surface area contributed by atoms with E-state index >= 15 is 0 Å². The van der Waals surface area contributed by atoms with Crippen molar-refractivity contribution in [1.82, 2.24) is 15.3 Å². The zero-order valence-electron chi connectivity index (χ0n) is 11.7. The Labute approximate surface area is 122 Å². The van der Waals surface area contributed by atoms with Crippen LogP contribution in [0, 0.1) is 0 Å². The maximum Gasteiger partial charge on any atom is 0.319 e. The highest BCUT2D eigenvalue weighted by atomic mass is 16.5. The van der Waals surface area contributed by atoms with Crippen molar-refractivity contribution in [3.63, 3.8) is 0 Å². The van der Waals surface area contributed by atoms with Gasteiger partial charge in [0.05, 0.1) is 19.0 Å². The molecule has 0 aliphatic carbocycles. The predicted molar refractivity (Wildman–Crippen MR) is 80.5 cm³/mol. The number of urea groups is 1. The number of para-hydroxylation sites is 2. The first-order valence-electron chi connectivity index (χ1n) is 6.47. The maximum absolute atomic E-state index is 11.8. The van der Waals surface area contributed by atoms with Crippen molar-refractivity contribution in [2.75, 3.05) is 30.8 Å². The number of aromatic nitrogens is 2. The highest BCUT2D eigenvalue weighted by Gasteiger charge is 2.05. The zero-order chi connectivity index (χ0) is 14.9. The number of benzene rings is 1. The number of carbonyl (C=O) groups is 1. The lowest BCUT2D eigenvalue weighted by molar-refractivity contribution is 0.252. The highest BCUT2D eigenvalue weighted by Crippen LogP contribution is 2.22. The number of hydrogen-bond donors (Lipinski definition) is 3. The molecule has 1 aromatic heterocycles. The summed E-state index contributed by atoms with van der Waals surface area (Å²) in [5.41, 5.74) is 0.624. The van der Waals surface area contributed by atoms with Crippen LogP contribution in [-0.2, 0) is 0 Å². The summed E-state index contributed by atoms with van der Waals surface area (Å²) >= 11 is 0. The molecule has 1 heterocycles. The van der Waals surface area contributed by atoms with Crippen LogP contribution in [0.2, 0.25) is 0 Å². The monoisotopic (exact) mass is 287 g/mol. The van der Waals surface area contributed by atoms with Crippen molar-refractivity contribution >= 4 is 17.5 Å². The summed E-state index contributed by atoms with van der Waals surface area (Å²) in [5.74, 6) is 1.29. The molecule has 0 fully saturated rings. The summed E-state index contributed by atoms with van der Waals surface area (Å²) in [4.78, 5) is 19.8. The van der Waals surface area contributed by atoms with Gasteiger partial charge in [0.1, 0.15) is 11.6 Å². The summed E-state index contributed by atoms with van der Waals surface area (Å²) in [6, 6.07) is 6.93. The second-order valence-corrected chi connectivity index (χ2v) is 4.10. The third-order valence-corrected chi connectivity index (χ3v) is 2.64. The van der Waals surface area contributed by atoms with Crippen LogP contribution >= 0.6 is 0 Å². The van der Waals surface area contributed by atoms with E-state index < -0.39 is 0 Å². The standard InChI is InChI=1S/C14H17N5O2/c1-21-12-5-3-2-4-11(12)19-14(20)18-9-8-17-13-10-15-6-7-16-13/h2-7,10H,8-9H2,1H3,(H,16,17)(H2,18,19,20). The molecule has 21 heavy (non-hydrogen) atoms. The summed E-state index contributed by atoms with van der Waals surface area (Å²) in [6.45, 7) is 1.01. The van der Waals surface area contributed by atoms with E-state index in [0.717, 1.165) is 0 Å².